The predicted molar refractivity (Wildman–Crippen MR) is 153 cm³/mol. The van der Waals surface area contributed by atoms with Crippen LogP contribution >= 0.6 is 31.9 Å². The molecule has 0 spiro atoms. The van der Waals surface area contributed by atoms with E-state index in [4.69, 9.17) is 0 Å². The molecule has 0 radical (unpaired) electrons. The number of halogens is 2. The van der Waals surface area contributed by atoms with Crippen molar-refractivity contribution in [3.63, 3.8) is 0 Å². The van der Waals surface area contributed by atoms with Crippen molar-refractivity contribution in [1.82, 2.24) is 16.0 Å². The molecule has 2 aliphatic heterocycles. The highest BCUT2D eigenvalue weighted by atomic mass is 79.9. The van der Waals surface area contributed by atoms with Gasteiger partial charge in [-0.1, -0.05) is 49.2 Å². The fraction of sp³-hybridized carbons (Fsp3) is 0.571. The van der Waals surface area contributed by atoms with Gasteiger partial charge in [-0.25, -0.2) is 0 Å². The number of allylic oxidation sites excluding steroid dienone is 2. The number of piperidine rings is 1. The van der Waals surface area contributed by atoms with Gasteiger partial charge in [0.05, 0.1) is 6.04 Å². The summed E-state index contributed by atoms with van der Waals surface area (Å²) in [6, 6.07) is 5.14. The summed E-state index contributed by atoms with van der Waals surface area (Å²) < 4.78 is 2.47. The van der Waals surface area contributed by atoms with Crippen LogP contribution in [0.15, 0.2) is 38.9 Å². The molecule has 184 valence electrons. The van der Waals surface area contributed by atoms with E-state index in [2.05, 4.69) is 113 Å². The smallest absolute Gasteiger partial charge is 0.0543 e. The molecule has 1 saturated heterocycles. The zero-order valence-electron chi connectivity index (χ0n) is 21.1. The van der Waals surface area contributed by atoms with Crippen LogP contribution in [0.3, 0.4) is 0 Å². The molecule has 0 saturated carbocycles. The lowest BCUT2D eigenvalue weighted by Crippen LogP contribution is -2.41. The Morgan fingerprint density at radius 1 is 1.06 bits per heavy atom. The Balaban J connectivity index is 0.000000528. The van der Waals surface area contributed by atoms with E-state index < -0.39 is 0 Å². The van der Waals surface area contributed by atoms with Gasteiger partial charge in [-0.15, -0.1) is 12.8 Å². The minimum Gasteiger partial charge on any atom is -0.383 e. The van der Waals surface area contributed by atoms with E-state index in [-0.39, 0.29) is 0 Å². The molecule has 2 unspecified atom stereocenters. The van der Waals surface area contributed by atoms with Crippen LogP contribution in [0.25, 0.3) is 0 Å². The van der Waals surface area contributed by atoms with Crippen molar-refractivity contribution >= 4 is 31.9 Å². The third-order valence-electron chi connectivity index (χ3n) is 6.10. The second-order valence-corrected chi connectivity index (χ2v) is 10.5. The first-order valence-corrected chi connectivity index (χ1v) is 13.8. The van der Waals surface area contributed by atoms with Gasteiger partial charge < -0.3 is 16.0 Å². The van der Waals surface area contributed by atoms with E-state index in [1.165, 1.54) is 33.8 Å². The third kappa shape index (κ3) is 8.91. The summed E-state index contributed by atoms with van der Waals surface area (Å²) in [6.45, 7) is 11.9. The lowest BCUT2D eigenvalue weighted by Gasteiger charge is -2.39. The van der Waals surface area contributed by atoms with Crippen molar-refractivity contribution in [2.75, 3.05) is 26.7 Å². The SMILES string of the molecule is C#C.CCC.CCNC.Cc1cc(Br)c2c(c1)CCC1=CC(Br)=CNC1C2C1CCNCC1. The molecule has 0 amide bonds. The summed E-state index contributed by atoms with van der Waals surface area (Å²) in [5.74, 6) is 1.27. The summed E-state index contributed by atoms with van der Waals surface area (Å²) in [5.41, 5.74) is 6.00. The Labute approximate surface area is 219 Å². The van der Waals surface area contributed by atoms with Gasteiger partial charge in [0.1, 0.15) is 0 Å². The average Bonchev–Trinajstić information content (AvgIpc) is 2.98. The fourth-order valence-electron chi connectivity index (χ4n) is 4.71. The summed E-state index contributed by atoms with van der Waals surface area (Å²) >= 11 is 7.57. The summed E-state index contributed by atoms with van der Waals surface area (Å²) in [5, 5.41) is 10.2. The molecule has 0 aromatic heterocycles. The van der Waals surface area contributed by atoms with Crippen LogP contribution in [-0.4, -0.2) is 32.7 Å². The van der Waals surface area contributed by atoms with Crippen LogP contribution in [-0.2, 0) is 6.42 Å². The lowest BCUT2D eigenvalue weighted by molar-refractivity contribution is 0.287. The van der Waals surface area contributed by atoms with Crippen molar-refractivity contribution in [3.05, 3.63) is 55.6 Å². The molecular formula is C28H43Br2N3. The number of benzene rings is 1. The minimum absolute atomic E-state index is 0.426. The van der Waals surface area contributed by atoms with Gasteiger partial charge in [0.2, 0.25) is 0 Å². The quantitative estimate of drug-likeness (QED) is 0.336. The molecule has 2 atom stereocenters. The molecule has 33 heavy (non-hydrogen) atoms. The van der Waals surface area contributed by atoms with Gasteiger partial charge in [0.25, 0.3) is 0 Å². The van der Waals surface area contributed by atoms with Crippen molar-refractivity contribution in [2.24, 2.45) is 5.92 Å². The van der Waals surface area contributed by atoms with Gasteiger partial charge in [-0.3, -0.25) is 0 Å². The monoisotopic (exact) mass is 579 g/mol. The minimum atomic E-state index is 0.426. The van der Waals surface area contributed by atoms with E-state index in [1.54, 1.807) is 16.7 Å². The molecule has 1 fully saturated rings. The molecule has 3 aliphatic rings. The standard InChI is InChI=1S/C20H24Br2N2.C3H9N.C3H8.C2H2/c1-12-8-14-2-3-15-10-16(21)11-24-20(15)19(18(14)17(22)9-12)13-4-6-23-7-5-13;1-3-4-2;1-3-2;1-2/h8-11,13,19-20,23-24H,2-7H2,1H3;4H,3H2,1-2H3;3H2,1-2H3;1-2H. The average molecular weight is 581 g/mol. The number of fused-ring (bicyclic) bond motifs is 2. The van der Waals surface area contributed by atoms with Crippen molar-refractivity contribution in [2.45, 2.75) is 71.8 Å². The Morgan fingerprint density at radius 3 is 2.24 bits per heavy atom. The van der Waals surface area contributed by atoms with Crippen LogP contribution in [0.1, 0.15) is 69.1 Å². The van der Waals surface area contributed by atoms with E-state index >= 15 is 0 Å². The first kappa shape index (κ1) is 30.0. The molecule has 2 heterocycles. The van der Waals surface area contributed by atoms with E-state index in [0.29, 0.717) is 12.0 Å². The molecule has 3 N–H and O–H groups in total. The van der Waals surface area contributed by atoms with Gasteiger partial charge in [0, 0.05) is 21.1 Å². The molecule has 4 rings (SSSR count). The zero-order chi connectivity index (χ0) is 24.8. The topological polar surface area (TPSA) is 36.1 Å². The number of terminal acetylenes is 1. The second-order valence-electron chi connectivity index (χ2n) is 8.74. The molecule has 1 aliphatic carbocycles. The maximum Gasteiger partial charge on any atom is 0.0543 e. The normalized spacial score (nSPS) is 21.4. The highest BCUT2D eigenvalue weighted by Crippen LogP contribution is 2.46. The molecule has 3 nitrogen and oxygen atoms in total. The Morgan fingerprint density at radius 2 is 1.67 bits per heavy atom. The fourth-order valence-corrected chi connectivity index (χ4v) is 6.02. The number of aryl methyl sites for hydroxylation is 2. The molecule has 1 aromatic rings. The number of hydrogen-bond acceptors (Lipinski definition) is 3. The number of hydrogen-bond donors (Lipinski definition) is 3. The third-order valence-corrected chi connectivity index (χ3v) is 7.22. The van der Waals surface area contributed by atoms with Crippen molar-refractivity contribution in [1.29, 1.82) is 0 Å². The first-order valence-electron chi connectivity index (χ1n) is 12.3. The van der Waals surface area contributed by atoms with Crippen LogP contribution in [0, 0.1) is 25.7 Å². The summed E-state index contributed by atoms with van der Waals surface area (Å²) in [7, 11) is 1.93. The highest BCUT2D eigenvalue weighted by Gasteiger charge is 2.38. The number of rotatable bonds is 2. The Kier molecular flexibility index (Phi) is 15.0. The number of nitrogens with one attached hydrogen (secondary N) is 3. The van der Waals surface area contributed by atoms with E-state index in [9.17, 15) is 0 Å². The molecular weight excluding hydrogens is 538 g/mol. The predicted octanol–water partition coefficient (Wildman–Crippen LogP) is 6.81. The maximum atomic E-state index is 4.00. The Bertz CT molecular complexity index is 790. The van der Waals surface area contributed by atoms with Gasteiger partial charge in [0.15, 0.2) is 0 Å². The Hall–Kier alpha value is -1.06. The molecule has 1 aromatic carbocycles. The lowest BCUT2D eigenvalue weighted by atomic mass is 9.73. The van der Waals surface area contributed by atoms with E-state index in [1.807, 2.05) is 7.05 Å². The first-order chi connectivity index (χ1) is 16.0. The molecule has 0 bridgehead atoms. The van der Waals surface area contributed by atoms with Crippen LogP contribution in [0.2, 0.25) is 0 Å². The number of dihydropyridines is 1. The van der Waals surface area contributed by atoms with Gasteiger partial charge >= 0.3 is 0 Å². The highest BCUT2D eigenvalue weighted by molar-refractivity contribution is 9.12. The van der Waals surface area contributed by atoms with Gasteiger partial charge in [-0.05, 0) is 116 Å². The largest absolute Gasteiger partial charge is 0.383 e. The summed E-state index contributed by atoms with van der Waals surface area (Å²) in [4.78, 5) is 0. The van der Waals surface area contributed by atoms with Crippen LogP contribution in [0.5, 0.6) is 0 Å². The maximum absolute atomic E-state index is 4.00. The van der Waals surface area contributed by atoms with Crippen LogP contribution in [0.4, 0.5) is 0 Å². The van der Waals surface area contributed by atoms with Crippen molar-refractivity contribution < 1.29 is 0 Å². The van der Waals surface area contributed by atoms with E-state index in [0.717, 1.165) is 38.4 Å². The molecule has 5 heteroatoms. The van der Waals surface area contributed by atoms with Crippen LogP contribution < -0.4 is 16.0 Å². The van der Waals surface area contributed by atoms with Gasteiger partial charge in [-0.2, -0.15) is 0 Å². The van der Waals surface area contributed by atoms with Crippen molar-refractivity contribution in [3.8, 4) is 12.8 Å². The second kappa shape index (κ2) is 16.5. The zero-order valence-corrected chi connectivity index (χ0v) is 24.3. The summed E-state index contributed by atoms with van der Waals surface area (Å²) in [6.07, 6.45) is 18.5.